The first-order valence-electron chi connectivity index (χ1n) is 13.6. The number of rotatable bonds is 9. The second-order valence-corrected chi connectivity index (χ2v) is 11.2. The number of hydrogen-bond donors (Lipinski definition) is 3. The molecule has 0 radical (unpaired) electrons. The standard InChI is InChI=1S/C30H44N4O3/c1-7-26(35)32-24-13-16-34(19-27(36)33(6)30(14-15-30)23-11-9-8-10-12-23)29(5,18-24)37-25-17-20(2)28(31)22(4)21(25)3/h8-12,17,24,27,36H,7,13-16,18-19,31H2,1-6H3,(H,32,35). The summed E-state index contributed by atoms with van der Waals surface area (Å²) in [6, 6.07) is 12.5. The molecule has 0 bridgehead atoms. The number of anilines is 1. The maximum Gasteiger partial charge on any atom is 0.219 e. The highest BCUT2D eigenvalue weighted by molar-refractivity contribution is 5.75. The summed E-state index contributed by atoms with van der Waals surface area (Å²) >= 11 is 0. The molecule has 7 nitrogen and oxygen atoms in total. The number of aliphatic hydroxyl groups excluding tert-OH is 1. The molecule has 2 aromatic rings. The van der Waals surface area contributed by atoms with Gasteiger partial charge in [-0.1, -0.05) is 37.3 Å². The van der Waals surface area contributed by atoms with Crippen LogP contribution in [0.1, 0.15) is 68.2 Å². The topological polar surface area (TPSA) is 91.1 Å². The van der Waals surface area contributed by atoms with Crippen molar-refractivity contribution in [2.24, 2.45) is 0 Å². The second-order valence-electron chi connectivity index (χ2n) is 11.2. The Hall–Kier alpha value is -2.61. The van der Waals surface area contributed by atoms with E-state index in [0.717, 1.165) is 47.4 Å². The van der Waals surface area contributed by atoms with Crippen LogP contribution in [-0.4, -0.2) is 58.9 Å². The van der Waals surface area contributed by atoms with Crippen molar-refractivity contribution in [3.05, 3.63) is 58.7 Å². The third-order valence-corrected chi connectivity index (χ3v) is 8.71. The van der Waals surface area contributed by atoms with Crippen LogP contribution >= 0.6 is 0 Å². The van der Waals surface area contributed by atoms with Crippen molar-refractivity contribution in [1.29, 1.82) is 0 Å². The molecule has 4 rings (SSSR count). The third kappa shape index (κ3) is 5.49. The number of ether oxygens (including phenoxy) is 1. The molecule has 0 spiro atoms. The Morgan fingerprint density at radius 1 is 1.24 bits per heavy atom. The van der Waals surface area contributed by atoms with Crippen LogP contribution in [0.5, 0.6) is 5.75 Å². The monoisotopic (exact) mass is 508 g/mol. The van der Waals surface area contributed by atoms with Gasteiger partial charge in [0.25, 0.3) is 0 Å². The van der Waals surface area contributed by atoms with Crippen LogP contribution in [0.4, 0.5) is 5.69 Å². The maximum absolute atomic E-state index is 12.2. The highest BCUT2D eigenvalue weighted by atomic mass is 16.5. The molecule has 37 heavy (non-hydrogen) atoms. The van der Waals surface area contributed by atoms with Gasteiger partial charge in [-0.25, -0.2) is 0 Å². The van der Waals surface area contributed by atoms with E-state index in [1.165, 1.54) is 5.56 Å². The fourth-order valence-corrected chi connectivity index (χ4v) is 5.80. The van der Waals surface area contributed by atoms with Crippen LogP contribution < -0.4 is 15.8 Å². The summed E-state index contributed by atoms with van der Waals surface area (Å²) in [6.45, 7) is 11.2. The summed E-state index contributed by atoms with van der Waals surface area (Å²) in [5, 5.41) is 14.6. The number of β-amino-alcohol motifs (C(OH)–C–C–N with tert-alkyl or cyclic N) is 1. The van der Waals surface area contributed by atoms with Gasteiger partial charge in [0.15, 0.2) is 5.72 Å². The van der Waals surface area contributed by atoms with Gasteiger partial charge in [-0.05, 0) is 82.3 Å². The van der Waals surface area contributed by atoms with Crippen molar-refractivity contribution in [1.82, 2.24) is 15.1 Å². The number of nitrogens with two attached hydrogens (primary N) is 1. The van der Waals surface area contributed by atoms with Crippen LogP contribution in [0.2, 0.25) is 0 Å². The molecule has 1 saturated heterocycles. The molecule has 2 aromatic carbocycles. The quantitative estimate of drug-likeness (QED) is 0.347. The number of hydrogen-bond acceptors (Lipinski definition) is 6. The number of aliphatic hydroxyl groups is 1. The highest BCUT2D eigenvalue weighted by Gasteiger charge is 2.51. The van der Waals surface area contributed by atoms with Gasteiger partial charge >= 0.3 is 0 Å². The van der Waals surface area contributed by atoms with Gasteiger partial charge in [-0.3, -0.25) is 14.6 Å². The maximum atomic E-state index is 12.2. The van der Waals surface area contributed by atoms with Crippen LogP contribution in [0.25, 0.3) is 0 Å². The van der Waals surface area contributed by atoms with Gasteiger partial charge in [-0.15, -0.1) is 0 Å². The van der Waals surface area contributed by atoms with E-state index in [0.29, 0.717) is 25.9 Å². The summed E-state index contributed by atoms with van der Waals surface area (Å²) < 4.78 is 6.80. The van der Waals surface area contributed by atoms with Crippen LogP contribution in [0.3, 0.4) is 0 Å². The molecule has 202 valence electrons. The number of carbonyl (C=O) groups excluding carboxylic acids is 1. The third-order valence-electron chi connectivity index (χ3n) is 8.71. The van der Waals surface area contributed by atoms with Gasteiger partial charge in [0.1, 0.15) is 12.0 Å². The largest absolute Gasteiger partial charge is 0.472 e. The number of carbonyl (C=O) groups is 1. The normalized spacial score (nSPS) is 24.1. The van der Waals surface area contributed by atoms with E-state index < -0.39 is 12.0 Å². The fraction of sp³-hybridized carbons (Fsp3) is 0.567. The number of nitrogens with one attached hydrogen (secondary N) is 1. The van der Waals surface area contributed by atoms with Crippen LogP contribution in [-0.2, 0) is 10.3 Å². The number of likely N-dealkylation sites (N-methyl/N-ethyl adjacent to an activating group) is 1. The van der Waals surface area contributed by atoms with Gasteiger partial charge in [-0.2, -0.15) is 0 Å². The van der Waals surface area contributed by atoms with Gasteiger partial charge < -0.3 is 20.9 Å². The van der Waals surface area contributed by atoms with Crippen molar-refractivity contribution in [2.45, 2.75) is 90.3 Å². The Morgan fingerprint density at radius 3 is 2.54 bits per heavy atom. The van der Waals surface area contributed by atoms with Gasteiger partial charge in [0, 0.05) is 43.2 Å². The van der Waals surface area contributed by atoms with Crippen molar-refractivity contribution in [2.75, 3.05) is 25.9 Å². The molecule has 1 heterocycles. The SMILES string of the molecule is CCC(=O)NC1CCN(CC(O)N(C)C2(c3ccccc3)CC2)C(C)(Oc2cc(C)c(N)c(C)c2C)C1. The molecule has 1 aliphatic heterocycles. The molecule has 1 amide bonds. The molecule has 3 unspecified atom stereocenters. The van der Waals surface area contributed by atoms with Gasteiger partial charge in [0.2, 0.25) is 5.91 Å². The summed E-state index contributed by atoms with van der Waals surface area (Å²) in [6.07, 6.45) is 3.30. The smallest absolute Gasteiger partial charge is 0.219 e. The highest BCUT2D eigenvalue weighted by Crippen LogP contribution is 2.51. The lowest BCUT2D eigenvalue weighted by Gasteiger charge is -2.49. The van der Waals surface area contributed by atoms with Crippen LogP contribution in [0, 0.1) is 20.8 Å². The number of nitrogens with zero attached hydrogens (tertiary/aromatic N) is 2. The molecular weight excluding hydrogens is 464 g/mol. The predicted molar refractivity (Wildman–Crippen MR) is 148 cm³/mol. The zero-order chi connectivity index (χ0) is 27.0. The van der Waals surface area contributed by atoms with Crippen molar-refractivity contribution in [3.8, 4) is 5.75 Å². The lowest BCUT2D eigenvalue weighted by Crippen LogP contribution is -2.62. The van der Waals surface area contributed by atoms with E-state index >= 15 is 0 Å². The lowest BCUT2D eigenvalue weighted by molar-refractivity contribution is -0.142. The number of nitrogen functional groups attached to an aromatic ring is 1. The molecule has 4 N–H and O–H groups in total. The Labute approximate surface area is 222 Å². The van der Waals surface area contributed by atoms with Crippen molar-refractivity contribution >= 4 is 11.6 Å². The summed E-state index contributed by atoms with van der Waals surface area (Å²) in [7, 11) is 2.02. The molecule has 1 aliphatic carbocycles. The first-order valence-corrected chi connectivity index (χ1v) is 13.6. The first kappa shape index (κ1) is 27.4. The Kier molecular flexibility index (Phi) is 7.88. The van der Waals surface area contributed by atoms with E-state index in [9.17, 15) is 9.90 Å². The zero-order valence-electron chi connectivity index (χ0n) is 23.3. The number of aryl methyl sites for hydroxylation is 1. The molecule has 1 saturated carbocycles. The fourth-order valence-electron chi connectivity index (χ4n) is 5.80. The van der Waals surface area contributed by atoms with E-state index in [1.54, 1.807) is 0 Å². The Bertz CT molecular complexity index is 1120. The minimum absolute atomic E-state index is 0.0129. The van der Waals surface area contributed by atoms with Crippen molar-refractivity contribution < 1.29 is 14.6 Å². The average molecular weight is 509 g/mol. The van der Waals surface area contributed by atoms with Crippen LogP contribution in [0.15, 0.2) is 36.4 Å². The molecule has 2 fully saturated rings. The molecule has 2 aliphatic rings. The summed E-state index contributed by atoms with van der Waals surface area (Å²) in [5.41, 5.74) is 10.5. The van der Waals surface area contributed by atoms with E-state index in [2.05, 4.69) is 46.3 Å². The lowest BCUT2D eigenvalue weighted by atomic mass is 9.93. The average Bonchev–Trinajstić information content (AvgIpc) is 3.69. The number of piperidine rings is 1. The number of likely N-dealkylation sites (tertiary alicyclic amines) is 1. The summed E-state index contributed by atoms with van der Waals surface area (Å²) in [4.78, 5) is 16.6. The van der Waals surface area contributed by atoms with E-state index in [1.807, 2.05) is 46.9 Å². The zero-order valence-corrected chi connectivity index (χ0v) is 23.3. The molecular formula is C30H44N4O3. The minimum Gasteiger partial charge on any atom is -0.472 e. The van der Waals surface area contributed by atoms with Crippen molar-refractivity contribution in [3.63, 3.8) is 0 Å². The Morgan fingerprint density at radius 2 is 1.92 bits per heavy atom. The van der Waals surface area contributed by atoms with E-state index in [4.69, 9.17) is 10.5 Å². The number of benzene rings is 2. The summed E-state index contributed by atoms with van der Waals surface area (Å²) in [5.74, 6) is 0.847. The van der Waals surface area contributed by atoms with Gasteiger partial charge in [0.05, 0.1) is 0 Å². The predicted octanol–water partition coefficient (Wildman–Crippen LogP) is 4.22. The minimum atomic E-state index is -0.713. The van der Waals surface area contributed by atoms with E-state index in [-0.39, 0.29) is 17.5 Å². The molecule has 0 aromatic heterocycles. The Balaban J connectivity index is 1.58. The molecule has 7 heteroatoms. The molecule has 3 atom stereocenters. The first-order chi connectivity index (χ1) is 17.5. The number of amides is 1. The second kappa shape index (κ2) is 10.6.